The number of hydrogen-bond acceptors (Lipinski definition) is 3. The van der Waals surface area contributed by atoms with Crippen molar-refractivity contribution in [3.63, 3.8) is 0 Å². The van der Waals surface area contributed by atoms with E-state index in [1.807, 2.05) is 12.1 Å². The van der Waals surface area contributed by atoms with Crippen molar-refractivity contribution < 1.29 is 0 Å². The SMILES string of the molecule is Nc1ccc(CS)cc1N. The Bertz CT molecular complexity index is 235. The van der Waals surface area contributed by atoms with Gasteiger partial charge in [-0.3, -0.25) is 0 Å². The third-order valence-corrected chi connectivity index (χ3v) is 1.70. The van der Waals surface area contributed by atoms with Crippen LogP contribution in [-0.4, -0.2) is 0 Å². The van der Waals surface area contributed by atoms with Gasteiger partial charge in [-0.2, -0.15) is 12.6 Å². The highest BCUT2D eigenvalue weighted by atomic mass is 32.1. The van der Waals surface area contributed by atoms with E-state index in [2.05, 4.69) is 12.6 Å². The van der Waals surface area contributed by atoms with E-state index in [1.165, 1.54) is 0 Å². The molecule has 0 amide bonds. The molecule has 0 aliphatic rings. The molecule has 0 aromatic heterocycles. The Morgan fingerprint density at radius 3 is 2.40 bits per heavy atom. The molecule has 1 aromatic rings. The minimum atomic E-state index is 0.630. The summed E-state index contributed by atoms with van der Waals surface area (Å²) in [4.78, 5) is 0. The van der Waals surface area contributed by atoms with Crippen molar-refractivity contribution in [1.82, 2.24) is 0 Å². The third-order valence-electron chi connectivity index (χ3n) is 1.33. The van der Waals surface area contributed by atoms with Gasteiger partial charge >= 0.3 is 0 Å². The lowest BCUT2D eigenvalue weighted by atomic mass is 10.2. The highest BCUT2D eigenvalue weighted by Crippen LogP contribution is 2.16. The fourth-order valence-electron chi connectivity index (χ4n) is 0.723. The number of hydrogen-bond donors (Lipinski definition) is 3. The molecule has 0 unspecified atom stereocenters. The molecule has 54 valence electrons. The van der Waals surface area contributed by atoms with Gasteiger partial charge in [-0.05, 0) is 17.7 Å². The van der Waals surface area contributed by atoms with Gasteiger partial charge in [0, 0.05) is 5.75 Å². The Labute approximate surface area is 65.6 Å². The topological polar surface area (TPSA) is 52.0 Å². The zero-order valence-corrected chi connectivity index (χ0v) is 6.44. The zero-order valence-electron chi connectivity index (χ0n) is 5.54. The molecule has 0 atom stereocenters. The summed E-state index contributed by atoms with van der Waals surface area (Å²) in [7, 11) is 0. The molecule has 3 heteroatoms. The molecule has 4 N–H and O–H groups in total. The lowest BCUT2D eigenvalue weighted by Crippen LogP contribution is -1.94. The number of nitrogens with two attached hydrogens (primary N) is 2. The number of benzene rings is 1. The van der Waals surface area contributed by atoms with E-state index in [9.17, 15) is 0 Å². The fourth-order valence-corrected chi connectivity index (χ4v) is 0.919. The lowest BCUT2D eigenvalue weighted by molar-refractivity contribution is 1.43. The molecule has 0 aliphatic heterocycles. The maximum atomic E-state index is 5.54. The average Bonchev–Trinajstić information content (AvgIpc) is 1.95. The van der Waals surface area contributed by atoms with E-state index in [4.69, 9.17) is 11.5 Å². The van der Waals surface area contributed by atoms with Crippen LogP contribution < -0.4 is 11.5 Å². The van der Waals surface area contributed by atoms with Crippen LogP contribution in [0.4, 0.5) is 11.4 Å². The van der Waals surface area contributed by atoms with Crippen molar-refractivity contribution >= 4 is 24.0 Å². The van der Waals surface area contributed by atoms with E-state index < -0.39 is 0 Å². The van der Waals surface area contributed by atoms with Crippen molar-refractivity contribution in [3.8, 4) is 0 Å². The van der Waals surface area contributed by atoms with Crippen molar-refractivity contribution in [2.45, 2.75) is 5.75 Å². The van der Waals surface area contributed by atoms with Gasteiger partial charge in [0.25, 0.3) is 0 Å². The molecule has 0 bridgehead atoms. The van der Waals surface area contributed by atoms with Crippen LogP contribution in [0.1, 0.15) is 5.56 Å². The van der Waals surface area contributed by atoms with Gasteiger partial charge in [0.05, 0.1) is 11.4 Å². The van der Waals surface area contributed by atoms with Crippen LogP contribution in [-0.2, 0) is 5.75 Å². The molecule has 10 heavy (non-hydrogen) atoms. The first kappa shape index (κ1) is 7.28. The fraction of sp³-hybridized carbons (Fsp3) is 0.143. The van der Waals surface area contributed by atoms with Crippen LogP contribution in [0.25, 0.3) is 0 Å². The third kappa shape index (κ3) is 1.36. The lowest BCUT2D eigenvalue weighted by Gasteiger charge is -2.00. The van der Waals surface area contributed by atoms with Gasteiger partial charge in [-0.25, -0.2) is 0 Å². The van der Waals surface area contributed by atoms with Crippen LogP contribution in [0.2, 0.25) is 0 Å². The summed E-state index contributed by atoms with van der Waals surface area (Å²) in [5.41, 5.74) is 13.4. The van der Waals surface area contributed by atoms with Crippen molar-refractivity contribution in [2.24, 2.45) is 0 Å². The summed E-state index contributed by atoms with van der Waals surface area (Å²) in [5, 5.41) is 0. The van der Waals surface area contributed by atoms with Crippen LogP contribution in [0.15, 0.2) is 18.2 Å². The summed E-state index contributed by atoms with van der Waals surface area (Å²) < 4.78 is 0. The zero-order chi connectivity index (χ0) is 7.56. The second kappa shape index (κ2) is 2.84. The smallest absolute Gasteiger partial charge is 0.0550 e. The first-order valence-electron chi connectivity index (χ1n) is 2.99. The van der Waals surface area contributed by atoms with Gasteiger partial charge in [0.15, 0.2) is 0 Å². The summed E-state index contributed by atoms with van der Waals surface area (Å²) in [6.07, 6.45) is 0. The minimum Gasteiger partial charge on any atom is -0.397 e. The molecule has 2 nitrogen and oxygen atoms in total. The van der Waals surface area contributed by atoms with Crippen molar-refractivity contribution in [3.05, 3.63) is 23.8 Å². The second-order valence-electron chi connectivity index (χ2n) is 2.12. The standard InChI is InChI=1S/C7H10N2S/c8-6-2-1-5(4-10)3-7(6)9/h1-3,10H,4,8-9H2. The molecular formula is C7H10N2S. The molecule has 0 saturated heterocycles. The molecule has 1 aromatic carbocycles. The van der Waals surface area contributed by atoms with Gasteiger partial charge in [-0.1, -0.05) is 6.07 Å². The molecule has 0 radical (unpaired) electrons. The number of rotatable bonds is 1. The predicted octanol–water partition coefficient (Wildman–Crippen LogP) is 1.28. The monoisotopic (exact) mass is 154 g/mol. The number of nitrogen functional groups attached to an aromatic ring is 2. The number of anilines is 2. The Morgan fingerprint density at radius 2 is 1.90 bits per heavy atom. The summed E-state index contributed by atoms with van der Waals surface area (Å²) >= 11 is 4.10. The Hall–Kier alpha value is -0.830. The van der Waals surface area contributed by atoms with E-state index in [0.29, 0.717) is 17.1 Å². The normalized spacial score (nSPS) is 9.70. The van der Waals surface area contributed by atoms with Gasteiger partial charge in [0.2, 0.25) is 0 Å². The Kier molecular flexibility index (Phi) is 2.06. The van der Waals surface area contributed by atoms with E-state index in [-0.39, 0.29) is 0 Å². The molecule has 0 heterocycles. The summed E-state index contributed by atoms with van der Waals surface area (Å²) in [6.45, 7) is 0. The molecule has 0 spiro atoms. The first-order valence-corrected chi connectivity index (χ1v) is 3.62. The quantitative estimate of drug-likeness (QED) is 0.421. The first-order chi connectivity index (χ1) is 4.74. The summed E-state index contributed by atoms with van der Waals surface area (Å²) in [6, 6.07) is 5.54. The van der Waals surface area contributed by atoms with Crippen LogP contribution in [0.5, 0.6) is 0 Å². The highest BCUT2D eigenvalue weighted by molar-refractivity contribution is 7.79. The predicted molar refractivity (Wildman–Crippen MR) is 48.0 cm³/mol. The Morgan fingerprint density at radius 1 is 1.20 bits per heavy atom. The minimum absolute atomic E-state index is 0.630. The van der Waals surface area contributed by atoms with Gasteiger partial charge < -0.3 is 11.5 Å². The van der Waals surface area contributed by atoms with Crippen LogP contribution in [0.3, 0.4) is 0 Å². The largest absolute Gasteiger partial charge is 0.397 e. The molecule has 1 rings (SSSR count). The number of thiol groups is 1. The van der Waals surface area contributed by atoms with Gasteiger partial charge in [-0.15, -0.1) is 0 Å². The molecular weight excluding hydrogens is 144 g/mol. The second-order valence-corrected chi connectivity index (χ2v) is 2.44. The van der Waals surface area contributed by atoms with E-state index >= 15 is 0 Å². The van der Waals surface area contributed by atoms with E-state index in [0.717, 1.165) is 5.56 Å². The summed E-state index contributed by atoms with van der Waals surface area (Å²) in [5.74, 6) is 0.699. The van der Waals surface area contributed by atoms with E-state index in [1.54, 1.807) is 6.07 Å². The van der Waals surface area contributed by atoms with Crippen molar-refractivity contribution in [1.29, 1.82) is 0 Å². The van der Waals surface area contributed by atoms with Gasteiger partial charge in [0.1, 0.15) is 0 Å². The van der Waals surface area contributed by atoms with Crippen LogP contribution >= 0.6 is 12.6 Å². The molecule has 0 saturated carbocycles. The highest BCUT2D eigenvalue weighted by Gasteiger charge is 1.93. The molecule has 0 aliphatic carbocycles. The maximum Gasteiger partial charge on any atom is 0.0550 e. The maximum absolute atomic E-state index is 5.54. The molecule has 0 fully saturated rings. The average molecular weight is 154 g/mol. The Balaban J connectivity index is 3.04. The van der Waals surface area contributed by atoms with Crippen molar-refractivity contribution in [2.75, 3.05) is 11.5 Å². The van der Waals surface area contributed by atoms with Crippen LogP contribution in [0, 0.1) is 0 Å².